The molecule has 1 aliphatic carbocycles. The molecule has 1 spiro atoms. The van der Waals surface area contributed by atoms with Crippen molar-refractivity contribution in [1.82, 2.24) is 19.8 Å². The third kappa shape index (κ3) is 37.8. The summed E-state index contributed by atoms with van der Waals surface area (Å²) in [6.45, 7) is 1.51. The van der Waals surface area contributed by atoms with Gasteiger partial charge in [-0.05, 0) is 75.0 Å². The predicted molar refractivity (Wildman–Crippen MR) is 383 cm³/mol. The number of alkyl halides is 2. The normalized spacial score (nSPS) is 21.1. The fourth-order valence-electron chi connectivity index (χ4n) is 14.1. The van der Waals surface area contributed by atoms with Crippen molar-refractivity contribution in [3.8, 4) is 16.9 Å². The van der Waals surface area contributed by atoms with Gasteiger partial charge in [0.1, 0.15) is 5.75 Å². The van der Waals surface area contributed by atoms with Crippen molar-refractivity contribution in [2.75, 3.05) is 37.3 Å². The van der Waals surface area contributed by atoms with Crippen LogP contribution in [0.2, 0.25) is 0 Å². The van der Waals surface area contributed by atoms with Crippen LogP contribution in [0.15, 0.2) is 54.9 Å². The number of aromatic nitrogens is 2. The number of nitrogens with zero attached hydrogens (tertiary/aromatic N) is 4. The van der Waals surface area contributed by atoms with E-state index in [1.165, 1.54) is 359 Å². The molecule has 512 valence electrons. The third-order valence-electron chi connectivity index (χ3n) is 20.5. The Morgan fingerprint density at radius 1 is 0.422 bits per heavy atom. The minimum absolute atomic E-state index is 0.0417. The van der Waals surface area contributed by atoms with E-state index in [9.17, 15) is 13.6 Å². The van der Waals surface area contributed by atoms with Gasteiger partial charge >= 0.3 is 12.6 Å². The summed E-state index contributed by atoms with van der Waals surface area (Å²) in [5.41, 5.74) is 4.37. The van der Waals surface area contributed by atoms with Crippen LogP contribution in [-0.2, 0) is 0 Å². The maximum atomic E-state index is 14.3. The number of carbonyl (C=O) groups excluding carboxylic acids is 1. The van der Waals surface area contributed by atoms with E-state index in [-0.39, 0.29) is 11.8 Å². The average Bonchev–Trinajstić information content (AvgIpc) is 2.27. The first-order valence-electron chi connectivity index (χ1n) is 38.8. The van der Waals surface area contributed by atoms with Crippen LogP contribution in [0, 0.1) is 6.92 Å². The van der Waals surface area contributed by atoms with Crippen molar-refractivity contribution in [2.24, 2.45) is 0 Å². The molecule has 90 heavy (non-hydrogen) atoms. The fraction of sp³-hybridized carbons (Fsp3) is 0.787. The maximum absolute atomic E-state index is 14.3. The van der Waals surface area contributed by atoms with Crippen molar-refractivity contribution in [1.29, 1.82) is 0 Å². The fourth-order valence-corrected chi connectivity index (χ4v) is 14.1. The van der Waals surface area contributed by atoms with Gasteiger partial charge in [0.15, 0.2) is 0 Å². The van der Waals surface area contributed by atoms with Crippen LogP contribution in [0.25, 0.3) is 11.1 Å². The number of nitrogens with one attached hydrogen (secondary N) is 2. The molecule has 8 nitrogen and oxygen atoms in total. The first-order chi connectivity index (χ1) is 44.3. The van der Waals surface area contributed by atoms with Gasteiger partial charge in [-0.3, -0.25) is 4.90 Å². The molecule has 2 aromatic carbocycles. The van der Waals surface area contributed by atoms with Crippen molar-refractivity contribution in [3.05, 3.63) is 60.4 Å². The molecule has 1 saturated carbocycles. The Bertz CT molecular complexity index is 2150. The molecule has 10 heteroatoms. The topological polar surface area (TPSA) is 82.6 Å². The zero-order valence-corrected chi connectivity index (χ0v) is 58.4. The lowest BCUT2D eigenvalue weighted by molar-refractivity contribution is -0.0498. The predicted octanol–water partition coefficient (Wildman–Crippen LogP) is 26.2. The number of hydrogen-bond donors (Lipinski definition) is 2. The minimum Gasteiger partial charge on any atom is -0.435 e. The molecule has 5 rings (SSSR count). The first kappa shape index (κ1) is 76.9. The van der Waals surface area contributed by atoms with E-state index in [1.54, 1.807) is 24.5 Å². The summed E-state index contributed by atoms with van der Waals surface area (Å²) in [5.74, 6) is 0.519. The average molecular weight is 1250 g/mol. The van der Waals surface area contributed by atoms with E-state index >= 15 is 0 Å². The Balaban J connectivity index is 0.997. The molecule has 2 aliphatic rings. The number of amides is 2. The standard InChI is InChI=1S/C80H136F2N6O2/c1-71-56-59-74(85-78-83-69-73(70-84-78)72-57-60-75(61-58-72)90-77(81)82)68-76(71)86-79(89)88-65-55-53-51-49-47-45-43-41-39-37-35-33-31-29-27-25-23-21-19-17-15-13-11-9-7-5-3-4-6-8-10-12-14-16-18-20-22-24-26-28-30-32-34-36-38-40-42-44-46-48-50-52-54-62-80(63-64-80)87(2)66-67-88/h56-61,68-70,77H,3-55,62-67H2,1-2H3,(H,86,89)(H,83,84,85). The van der Waals surface area contributed by atoms with E-state index in [2.05, 4.69) is 42.2 Å². The number of halogens is 2. The minimum atomic E-state index is -2.87. The summed E-state index contributed by atoms with van der Waals surface area (Å²) in [5, 5.41) is 6.61. The highest BCUT2D eigenvalue weighted by molar-refractivity contribution is 5.91. The van der Waals surface area contributed by atoms with Gasteiger partial charge in [0, 0.05) is 54.5 Å². The second-order valence-electron chi connectivity index (χ2n) is 28.4. The Kier molecular flexibility index (Phi) is 44.1. The highest BCUT2D eigenvalue weighted by Gasteiger charge is 2.45. The summed E-state index contributed by atoms with van der Waals surface area (Å²) in [7, 11) is 2.31. The highest BCUT2D eigenvalue weighted by atomic mass is 19.3. The van der Waals surface area contributed by atoms with Crippen molar-refractivity contribution in [3.63, 3.8) is 0 Å². The molecule has 0 radical (unpaired) electrons. The van der Waals surface area contributed by atoms with Crippen LogP contribution in [0.1, 0.15) is 365 Å². The summed E-state index contributed by atoms with van der Waals surface area (Å²) in [4.78, 5) is 28.1. The van der Waals surface area contributed by atoms with Crippen LogP contribution < -0.4 is 15.4 Å². The molecule has 2 amide bonds. The molecule has 1 aromatic heterocycles. The Morgan fingerprint density at radius 2 is 0.756 bits per heavy atom. The zero-order chi connectivity index (χ0) is 63.5. The summed E-state index contributed by atoms with van der Waals surface area (Å²) >= 11 is 0. The lowest BCUT2D eigenvalue weighted by Crippen LogP contribution is -2.44. The molecule has 1 aliphatic heterocycles. The van der Waals surface area contributed by atoms with Crippen molar-refractivity contribution >= 4 is 23.4 Å². The van der Waals surface area contributed by atoms with Crippen molar-refractivity contribution in [2.45, 2.75) is 379 Å². The van der Waals surface area contributed by atoms with Crippen LogP contribution in [0.3, 0.4) is 0 Å². The Hall–Kier alpha value is -3.79. The second kappa shape index (κ2) is 51.6. The number of rotatable bonds is 6. The molecule has 0 unspecified atom stereocenters. The van der Waals surface area contributed by atoms with E-state index < -0.39 is 6.61 Å². The largest absolute Gasteiger partial charge is 0.435 e. The van der Waals surface area contributed by atoms with Crippen LogP contribution >= 0.6 is 0 Å². The molecule has 0 atom stereocenters. The quantitative estimate of drug-likeness (QED) is 0.256. The van der Waals surface area contributed by atoms with E-state index in [4.69, 9.17) is 0 Å². The number of anilines is 3. The molecule has 2 N–H and O–H groups in total. The van der Waals surface area contributed by atoms with Crippen LogP contribution in [0.4, 0.5) is 30.9 Å². The lowest BCUT2D eigenvalue weighted by Gasteiger charge is -2.31. The molecular formula is C80H136F2N6O2. The number of ether oxygens (including phenoxy) is 1. The Morgan fingerprint density at radius 3 is 1.09 bits per heavy atom. The van der Waals surface area contributed by atoms with Crippen molar-refractivity contribution < 1.29 is 18.3 Å². The molecule has 2 fully saturated rings. The van der Waals surface area contributed by atoms with Crippen LogP contribution in [0.5, 0.6) is 5.75 Å². The summed E-state index contributed by atoms with van der Waals surface area (Å²) < 4.78 is 29.8. The van der Waals surface area contributed by atoms with Gasteiger partial charge in [-0.1, -0.05) is 352 Å². The van der Waals surface area contributed by atoms with Gasteiger partial charge in [-0.2, -0.15) is 8.78 Å². The molecule has 1 saturated heterocycles. The van der Waals surface area contributed by atoms with Gasteiger partial charge in [0.2, 0.25) is 5.95 Å². The number of aryl methyl sites for hydroxylation is 1. The number of hydrogen-bond acceptors (Lipinski definition) is 6. The zero-order valence-electron chi connectivity index (χ0n) is 58.4. The number of urea groups is 1. The van der Waals surface area contributed by atoms with Gasteiger partial charge in [-0.15, -0.1) is 0 Å². The number of carbonyl (C=O) groups is 1. The Labute approximate surface area is 552 Å². The van der Waals surface area contributed by atoms with E-state index in [0.717, 1.165) is 54.0 Å². The second-order valence-corrected chi connectivity index (χ2v) is 28.4. The third-order valence-corrected chi connectivity index (χ3v) is 20.5. The van der Waals surface area contributed by atoms with Crippen LogP contribution in [-0.4, -0.2) is 64.6 Å². The first-order valence-corrected chi connectivity index (χ1v) is 38.8. The molecular weight excluding hydrogens is 1110 g/mol. The van der Waals surface area contributed by atoms with Gasteiger partial charge in [-0.25, -0.2) is 14.8 Å². The van der Waals surface area contributed by atoms with E-state index in [0.29, 0.717) is 18.0 Å². The van der Waals surface area contributed by atoms with E-state index in [1.807, 2.05) is 25.1 Å². The monoisotopic (exact) mass is 1250 g/mol. The maximum Gasteiger partial charge on any atom is 0.387 e. The smallest absolute Gasteiger partial charge is 0.387 e. The molecule has 3 aromatic rings. The lowest BCUT2D eigenvalue weighted by atomic mass is 10.0. The number of likely N-dealkylation sites (N-methyl/N-ethyl adjacent to an activating group) is 1. The molecule has 0 bridgehead atoms. The number of benzene rings is 2. The molecule has 2 heterocycles. The van der Waals surface area contributed by atoms with Gasteiger partial charge < -0.3 is 20.3 Å². The highest BCUT2D eigenvalue weighted by Crippen LogP contribution is 2.45. The summed E-state index contributed by atoms with van der Waals surface area (Å²) in [6.07, 6.45) is 82.4. The van der Waals surface area contributed by atoms with Gasteiger partial charge in [0.05, 0.1) is 0 Å². The SMILES string of the molecule is Cc1ccc(Nc2ncc(-c3ccc(OC(F)F)cc3)cn2)cc1NC(=O)N1CCCCCCCCCCCCCCCCCCCCCCCCCCCCCCCCCCCCCCCCCCCCCCCCCCCCCCCC2(CC2)N(C)CC1. The van der Waals surface area contributed by atoms with Gasteiger partial charge in [0.25, 0.3) is 0 Å². The summed E-state index contributed by atoms with van der Waals surface area (Å²) in [6, 6.07) is 12.3.